The van der Waals surface area contributed by atoms with E-state index in [4.69, 9.17) is 0 Å². The molecule has 0 aromatic heterocycles. The van der Waals surface area contributed by atoms with E-state index < -0.39 is 17.6 Å². The second-order valence-corrected chi connectivity index (χ2v) is 5.37. The van der Waals surface area contributed by atoms with Crippen molar-refractivity contribution in [3.8, 4) is 0 Å². The molecule has 1 rings (SSSR count). The van der Waals surface area contributed by atoms with E-state index in [0.29, 0.717) is 5.56 Å². The molecule has 0 aliphatic heterocycles. The number of halogens is 3. The maximum absolute atomic E-state index is 12.4. The van der Waals surface area contributed by atoms with E-state index in [1.54, 1.807) is 0 Å². The summed E-state index contributed by atoms with van der Waals surface area (Å²) in [4.78, 5) is 24.6. The zero-order valence-corrected chi connectivity index (χ0v) is 13.1. The molecule has 1 aromatic rings. The van der Waals surface area contributed by atoms with Crippen molar-refractivity contribution in [1.82, 2.24) is 10.2 Å². The van der Waals surface area contributed by atoms with Crippen molar-refractivity contribution in [3.05, 3.63) is 41.5 Å². The first-order chi connectivity index (χ1) is 10.6. The molecule has 1 aromatic carbocycles. The molecule has 0 unspecified atom stereocenters. The molecule has 23 heavy (non-hydrogen) atoms. The lowest BCUT2D eigenvalue weighted by Gasteiger charge is -2.16. The molecule has 0 saturated carbocycles. The van der Waals surface area contributed by atoms with Gasteiger partial charge in [-0.1, -0.05) is 12.1 Å². The summed E-state index contributed by atoms with van der Waals surface area (Å²) in [6.07, 6.45) is -1.77. The molecule has 0 spiro atoms. The number of hydrogen-bond donors (Lipinski definition) is 1. The Morgan fingerprint density at radius 3 is 2.26 bits per heavy atom. The van der Waals surface area contributed by atoms with Crippen molar-refractivity contribution < 1.29 is 22.8 Å². The van der Waals surface area contributed by atoms with E-state index >= 15 is 0 Å². The Kier molecular flexibility index (Phi) is 6.36. The van der Waals surface area contributed by atoms with Crippen molar-refractivity contribution in [2.75, 3.05) is 13.6 Å². The molecule has 0 bridgehead atoms. The summed E-state index contributed by atoms with van der Waals surface area (Å²) in [6.45, 7) is 3.53. The fourth-order valence-corrected chi connectivity index (χ4v) is 1.74. The van der Waals surface area contributed by atoms with Crippen LogP contribution < -0.4 is 5.32 Å². The Morgan fingerprint density at radius 2 is 1.78 bits per heavy atom. The fraction of sp³-hybridized carbons (Fsp3) is 0.375. The van der Waals surface area contributed by atoms with Crippen molar-refractivity contribution in [1.29, 1.82) is 0 Å². The van der Waals surface area contributed by atoms with E-state index in [2.05, 4.69) is 5.32 Å². The predicted molar refractivity (Wildman–Crippen MR) is 81.4 cm³/mol. The normalized spacial score (nSPS) is 11.8. The summed E-state index contributed by atoms with van der Waals surface area (Å²) in [5.74, 6) is -0.692. The summed E-state index contributed by atoms with van der Waals surface area (Å²) >= 11 is 0. The molecule has 0 saturated heterocycles. The largest absolute Gasteiger partial charge is 0.416 e. The second-order valence-electron chi connectivity index (χ2n) is 5.37. The quantitative estimate of drug-likeness (QED) is 0.845. The minimum atomic E-state index is -4.39. The first-order valence-electron chi connectivity index (χ1n) is 6.99. The molecule has 0 radical (unpaired) electrons. The van der Waals surface area contributed by atoms with Crippen LogP contribution in [0.4, 0.5) is 13.2 Å². The van der Waals surface area contributed by atoms with Gasteiger partial charge >= 0.3 is 6.18 Å². The number of benzene rings is 1. The van der Waals surface area contributed by atoms with E-state index in [1.165, 1.54) is 36.2 Å². The first-order valence-corrected chi connectivity index (χ1v) is 6.99. The summed E-state index contributed by atoms with van der Waals surface area (Å²) in [6, 6.07) is 4.43. The molecule has 0 heterocycles. The zero-order valence-electron chi connectivity index (χ0n) is 13.1. The number of likely N-dealkylation sites (N-methyl/N-ethyl adjacent to an activating group) is 1. The van der Waals surface area contributed by atoms with Gasteiger partial charge in [0.15, 0.2) is 0 Å². The van der Waals surface area contributed by atoms with Gasteiger partial charge < -0.3 is 10.2 Å². The fourth-order valence-electron chi connectivity index (χ4n) is 1.74. The van der Waals surface area contributed by atoms with Crippen LogP contribution in [0.3, 0.4) is 0 Å². The molecular formula is C16H19F3N2O2. The van der Waals surface area contributed by atoms with Gasteiger partial charge in [0.25, 0.3) is 0 Å². The molecule has 2 amide bonds. The number of amides is 2. The smallest absolute Gasteiger partial charge is 0.352 e. The van der Waals surface area contributed by atoms with Crippen LogP contribution in [0.15, 0.2) is 30.3 Å². The van der Waals surface area contributed by atoms with E-state index in [0.717, 1.165) is 12.1 Å². The van der Waals surface area contributed by atoms with Gasteiger partial charge in [-0.3, -0.25) is 9.59 Å². The Bertz CT molecular complexity index is 578. The van der Waals surface area contributed by atoms with Gasteiger partial charge in [-0.05, 0) is 37.6 Å². The van der Waals surface area contributed by atoms with Gasteiger partial charge in [0.1, 0.15) is 0 Å². The zero-order chi connectivity index (χ0) is 17.6. The predicted octanol–water partition coefficient (Wildman–Crippen LogP) is 2.70. The van der Waals surface area contributed by atoms with Gasteiger partial charge in [0.2, 0.25) is 11.8 Å². The molecule has 0 fully saturated rings. The Labute approximate surface area is 133 Å². The van der Waals surface area contributed by atoms with E-state index in [9.17, 15) is 22.8 Å². The number of carbonyl (C=O) groups is 2. The van der Waals surface area contributed by atoms with Gasteiger partial charge in [0.05, 0.1) is 12.1 Å². The molecule has 4 nitrogen and oxygen atoms in total. The third kappa shape index (κ3) is 6.54. The first kappa shape index (κ1) is 18.7. The number of rotatable bonds is 5. The number of carbonyl (C=O) groups excluding carboxylic acids is 2. The van der Waals surface area contributed by atoms with Gasteiger partial charge in [0, 0.05) is 19.2 Å². The SMILES string of the molecule is CC(C)NC(=O)CN(C)C(=O)/C=C/c1ccc(C(F)(F)F)cc1. The van der Waals surface area contributed by atoms with Crippen molar-refractivity contribution in [2.45, 2.75) is 26.1 Å². The maximum atomic E-state index is 12.4. The van der Waals surface area contributed by atoms with Crippen molar-refractivity contribution in [2.24, 2.45) is 0 Å². The van der Waals surface area contributed by atoms with Crippen LogP contribution in [-0.4, -0.2) is 36.3 Å². The monoisotopic (exact) mass is 328 g/mol. The summed E-state index contributed by atoms with van der Waals surface area (Å²) in [7, 11) is 1.47. The van der Waals surface area contributed by atoms with Crippen LogP contribution in [-0.2, 0) is 15.8 Å². The lowest BCUT2D eigenvalue weighted by Crippen LogP contribution is -2.40. The molecule has 0 atom stereocenters. The molecule has 1 N–H and O–H groups in total. The minimum Gasteiger partial charge on any atom is -0.352 e. The van der Waals surface area contributed by atoms with Crippen LogP contribution in [0.5, 0.6) is 0 Å². The number of hydrogen-bond acceptors (Lipinski definition) is 2. The summed E-state index contributed by atoms with van der Waals surface area (Å²) < 4.78 is 37.3. The van der Waals surface area contributed by atoms with Crippen LogP contribution in [0.1, 0.15) is 25.0 Å². The highest BCUT2D eigenvalue weighted by Gasteiger charge is 2.29. The summed E-state index contributed by atoms with van der Waals surface area (Å²) in [5.41, 5.74) is -0.283. The highest BCUT2D eigenvalue weighted by Crippen LogP contribution is 2.29. The third-order valence-electron chi connectivity index (χ3n) is 2.86. The van der Waals surface area contributed by atoms with Gasteiger partial charge in [-0.25, -0.2) is 0 Å². The molecule has 0 aliphatic carbocycles. The summed E-state index contributed by atoms with van der Waals surface area (Å²) in [5, 5.41) is 2.66. The number of nitrogens with one attached hydrogen (secondary N) is 1. The lowest BCUT2D eigenvalue weighted by atomic mass is 10.1. The van der Waals surface area contributed by atoms with Crippen LogP contribution in [0, 0.1) is 0 Å². The topological polar surface area (TPSA) is 49.4 Å². The lowest BCUT2D eigenvalue weighted by molar-refractivity contribution is -0.137. The number of nitrogens with zero attached hydrogens (tertiary/aromatic N) is 1. The number of alkyl halides is 3. The standard InChI is InChI=1S/C16H19F3N2O2/c1-11(2)20-14(22)10-21(3)15(23)9-6-12-4-7-13(8-5-12)16(17,18)19/h4-9,11H,10H2,1-3H3,(H,20,22)/b9-6+. The van der Waals surface area contributed by atoms with E-state index in [1.807, 2.05) is 13.8 Å². The van der Waals surface area contributed by atoms with Gasteiger partial charge in [-0.15, -0.1) is 0 Å². The van der Waals surface area contributed by atoms with Crippen molar-refractivity contribution >= 4 is 17.9 Å². The Hall–Kier alpha value is -2.31. The molecule has 7 heteroatoms. The van der Waals surface area contributed by atoms with Crippen LogP contribution >= 0.6 is 0 Å². The van der Waals surface area contributed by atoms with Crippen LogP contribution in [0.2, 0.25) is 0 Å². The van der Waals surface area contributed by atoms with E-state index in [-0.39, 0.29) is 18.5 Å². The maximum Gasteiger partial charge on any atom is 0.416 e. The molecule has 126 valence electrons. The Balaban J connectivity index is 2.62. The average molecular weight is 328 g/mol. The second kappa shape index (κ2) is 7.80. The van der Waals surface area contributed by atoms with Gasteiger partial charge in [-0.2, -0.15) is 13.2 Å². The average Bonchev–Trinajstić information content (AvgIpc) is 2.43. The highest BCUT2D eigenvalue weighted by atomic mass is 19.4. The third-order valence-corrected chi connectivity index (χ3v) is 2.86. The minimum absolute atomic E-state index is 0.0197. The molecule has 0 aliphatic rings. The van der Waals surface area contributed by atoms with Crippen LogP contribution in [0.25, 0.3) is 6.08 Å². The van der Waals surface area contributed by atoms with Crippen molar-refractivity contribution in [3.63, 3.8) is 0 Å². The Morgan fingerprint density at radius 1 is 1.22 bits per heavy atom. The highest BCUT2D eigenvalue weighted by molar-refractivity contribution is 5.94. The molecular weight excluding hydrogens is 309 g/mol.